The second-order valence-corrected chi connectivity index (χ2v) is 8.45. The van der Waals surface area contributed by atoms with E-state index in [9.17, 15) is 9.59 Å². The quantitative estimate of drug-likeness (QED) is 0.830. The lowest BCUT2D eigenvalue weighted by Crippen LogP contribution is -2.43. The van der Waals surface area contributed by atoms with Gasteiger partial charge in [-0.1, -0.05) is 42.7 Å². The predicted octanol–water partition coefficient (Wildman–Crippen LogP) is 3.52. The Morgan fingerprint density at radius 3 is 2.54 bits per heavy atom. The molecule has 2 heterocycles. The lowest BCUT2D eigenvalue weighted by Gasteiger charge is -2.31. The molecule has 0 spiro atoms. The van der Waals surface area contributed by atoms with Crippen molar-refractivity contribution >= 4 is 11.8 Å². The van der Waals surface area contributed by atoms with Gasteiger partial charge in [-0.25, -0.2) is 0 Å². The van der Waals surface area contributed by atoms with Gasteiger partial charge in [0, 0.05) is 32.1 Å². The third-order valence-electron chi connectivity index (χ3n) is 6.58. The minimum atomic E-state index is -0.144. The van der Waals surface area contributed by atoms with E-state index in [4.69, 9.17) is 0 Å². The van der Waals surface area contributed by atoms with Crippen LogP contribution in [0.5, 0.6) is 0 Å². The number of hydrogen-bond acceptors (Lipinski definition) is 2. The molecule has 26 heavy (non-hydrogen) atoms. The molecule has 2 amide bonds. The fourth-order valence-corrected chi connectivity index (χ4v) is 5.14. The highest BCUT2D eigenvalue weighted by Crippen LogP contribution is 2.36. The van der Waals surface area contributed by atoms with Crippen LogP contribution < -0.4 is 0 Å². The van der Waals surface area contributed by atoms with Gasteiger partial charge in [0.05, 0.1) is 5.92 Å². The maximum absolute atomic E-state index is 13.1. The van der Waals surface area contributed by atoms with Gasteiger partial charge in [-0.2, -0.15) is 0 Å². The largest absolute Gasteiger partial charge is 0.339 e. The van der Waals surface area contributed by atoms with Crippen molar-refractivity contribution in [1.29, 1.82) is 0 Å². The third kappa shape index (κ3) is 3.51. The molecule has 2 atom stereocenters. The van der Waals surface area contributed by atoms with Crippen LogP contribution in [-0.2, 0) is 16.1 Å². The zero-order valence-electron chi connectivity index (χ0n) is 15.8. The minimum Gasteiger partial charge on any atom is -0.339 e. The summed E-state index contributed by atoms with van der Waals surface area (Å²) in [7, 11) is 0. The van der Waals surface area contributed by atoms with Gasteiger partial charge in [-0.15, -0.1) is 0 Å². The van der Waals surface area contributed by atoms with E-state index >= 15 is 0 Å². The molecule has 1 aromatic carbocycles. The zero-order valence-corrected chi connectivity index (χ0v) is 15.8. The Labute approximate surface area is 156 Å². The molecule has 1 aliphatic carbocycles. The van der Waals surface area contributed by atoms with Crippen LogP contribution in [0.3, 0.4) is 0 Å². The molecule has 0 aromatic heterocycles. The Bertz CT molecular complexity index is 663. The molecule has 2 aliphatic heterocycles. The second kappa shape index (κ2) is 7.42. The Balaban J connectivity index is 1.39. The molecule has 3 aliphatic rings. The number of rotatable bonds is 4. The summed E-state index contributed by atoms with van der Waals surface area (Å²) >= 11 is 0. The number of carbonyl (C=O) groups is 2. The molecular formula is C22H30N2O2. The maximum Gasteiger partial charge on any atom is 0.228 e. The van der Waals surface area contributed by atoms with E-state index in [2.05, 4.69) is 36.1 Å². The highest BCUT2D eigenvalue weighted by Gasteiger charge is 2.42. The van der Waals surface area contributed by atoms with Crippen molar-refractivity contribution < 1.29 is 9.59 Å². The van der Waals surface area contributed by atoms with E-state index in [1.165, 1.54) is 31.2 Å². The average Bonchev–Trinajstić information content (AvgIpc) is 3.37. The van der Waals surface area contributed by atoms with Crippen LogP contribution >= 0.6 is 0 Å². The number of aryl methyl sites for hydroxylation is 1. The van der Waals surface area contributed by atoms with Crippen molar-refractivity contribution in [1.82, 2.24) is 9.80 Å². The minimum absolute atomic E-state index is 0.125. The van der Waals surface area contributed by atoms with E-state index in [1.807, 2.05) is 4.90 Å². The predicted molar refractivity (Wildman–Crippen MR) is 101 cm³/mol. The number of benzene rings is 1. The normalized spacial score (nSPS) is 26.9. The molecule has 1 aromatic rings. The molecular weight excluding hydrogens is 324 g/mol. The number of amides is 2. The van der Waals surface area contributed by atoms with Gasteiger partial charge in [0.1, 0.15) is 0 Å². The molecule has 0 bridgehead atoms. The monoisotopic (exact) mass is 354 g/mol. The lowest BCUT2D eigenvalue weighted by atomic mass is 9.95. The van der Waals surface area contributed by atoms with E-state index in [0.717, 1.165) is 24.9 Å². The van der Waals surface area contributed by atoms with Crippen LogP contribution in [0.4, 0.5) is 0 Å². The van der Waals surface area contributed by atoms with E-state index in [1.54, 1.807) is 0 Å². The summed E-state index contributed by atoms with van der Waals surface area (Å²) in [6.45, 7) is 4.16. The van der Waals surface area contributed by atoms with Crippen molar-refractivity contribution in [2.75, 3.05) is 13.1 Å². The highest BCUT2D eigenvalue weighted by atomic mass is 16.2. The first-order valence-electron chi connectivity index (χ1n) is 10.3. The van der Waals surface area contributed by atoms with Gasteiger partial charge < -0.3 is 9.80 Å². The molecule has 4 heteroatoms. The summed E-state index contributed by atoms with van der Waals surface area (Å²) in [5.41, 5.74) is 2.36. The van der Waals surface area contributed by atoms with Crippen LogP contribution in [0.15, 0.2) is 24.3 Å². The van der Waals surface area contributed by atoms with Crippen LogP contribution in [-0.4, -0.2) is 40.7 Å². The zero-order chi connectivity index (χ0) is 18.1. The molecule has 2 saturated heterocycles. The summed E-state index contributed by atoms with van der Waals surface area (Å²) in [6.07, 6.45) is 7.85. The van der Waals surface area contributed by atoms with Gasteiger partial charge >= 0.3 is 0 Å². The molecule has 4 rings (SSSR count). The van der Waals surface area contributed by atoms with Gasteiger partial charge in [0.25, 0.3) is 0 Å². The van der Waals surface area contributed by atoms with Crippen LogP contribution in [0.2, 0.25) is 0 Å². The number of likely N-dealkylation sites (tertiary alicyclic amines) is 2. The Morgan fingerprint density at radius 2 is 1.81 bits per heavy atom. The third-order valence-corrected chi connectivity index (χ3v) is 6.58. The van der Waals surface area contributed by atoms with E-state index in [0.29, 0.717) is 31.5 Å². The molecule has 4 nitrogen and oxygen atoms in total. The van der Waals surface area contributed by atoms with Gasteiger partial charge in [-0.05, 0) is 44.1 Å². The summed E-state index contributed by atoms with van der Waals surface area (Å²) in [5, 5.41) is 0. The Hall–Kier alpha value is -1.84. The lowest BCUT2D eigenvalue weighted by molar-refractivity contribution is -0.137. The fraction of sp³-hybridized carbons (Fsp3) is 0.636. The first-order chi connectivity index (χ1) is 12.6. The highest BCUT2D eigenvalue weighted by molar-refractivity contribution is 5.89. The Morgan fingerprint density at radius 1 is 1.08 bits per heavy atom. The summed E-state index contributed by atoms with van der Waals surface area (Å²) in [4.78, 5) is 29.6. The van der Waals surface area contributed by atoms with Gasteiger partial charge in [0.2, 0.25) is 11.8 Å². The molecule has 2 unspecified atom stereocenters. The van der Waals surface area contributed by atoms with Gasteiger partial charge in [-0.3, -0.25) is 9.59 Å². The topological polar surface area (TPSA) is 40.6 Å². The number of carbonyl (C=O) groups excluding carboxylic acids is 2. The first-order valence-corrected chi connectivity index (χ1v) is 10.3. The summed E-state index contributed by atoms with van der Waals surface area (Å²) in [5.74, 6) is 0.914. The van der Waals surface area contributed by atoms with Crippen molar-refractivity contribution in [3.05, 3.63) is 35.4 Å². The van der Waals surface area contributed by atoms with Gasteiger partial charge in [0.15, 0.2) is 0 Å². The smallest absolute Gasteiger partial charge is 0.228 e. The molecule has 1 saturated carbocycles. The Kier molecular flexibility index (Phi) is 5.01. The van der Waals surface area contributed by atoms with Crippen LogP contribution in [0.1, 0.15) is 56.1 Å². The van der Waals surface area contributed by atoms with Crippen molar-refractivity contribution in [3.8, 4) is 0 Å². The number of hydrogen-bond donors (Lipinski definition) is 0. The van der Waals surface area contributed by atoms with Crippen molar-refractivity contribution in [2.45, 2.75) is 64.5 Å². The summed E-state index contributed by atoms with van der Waals surface area (Å²) in [6, 6.07) is 8.75. The standard InChI is InChI=1S/C22H30N2O2/c1-16-8-10-17(11-9-16)14-23-15-19(13-21(23)25)22(26)24-12-4-7-20(24)18-5-2-3-6-18/h8-11,18-20H,2-7,12-15H2,1H3. The second-order valence-electron chi connectivity index (χ2n) is 8.45. The molecule has 0 radical (unpaired) electrons. The maximum atomic E-state index is 13.1. The molecule has 3 fully saturated rings. The van der Waals surface area contributed by atoms with E-state index < -0.39 is 0 Å². The van der Waals surface area contributed by atoms with Crippen LogP contribution in [0.25, 0.3) is 0 Å². The fourth-order valence-electron chi connectivity index (χ4n) is 5.14. The number of nitrogens with zero attached hydrogens (tertiary/aromatic N) is 2. The van der Waals surface area contributed by atoms with Crippen molar-refractivity contribution in [3.63, 3.8) is 0 Å². The SMILES string of the molecule is Cc1ccc(CN2CC(C(=O)N3CCCC3C3CCCC3)CC2=O)cc1. The molecule has 140 valence electrons. The van der Waals surface area contributed by atoms with Crippen LogP contribution in [0, 0.1) is 18.8 Å². The average molecular weight is 354 g/mol. The van der Waals surface area contributed by atoms with E-state index in [-0.39, 0.29) is 17.7 Å². The first kappa shape index (κ1) is 17.6. The summed E-state index contributed by atoms with van der Waals surface area (Å²) < 4.78 is 0. The van der Waals surface area contributed by atoms with Crippen molar-refractivity contribution in [2.24, 2.45) is 11.8 Å². The molecule has 0 N–H and O–H groups in total.